The van der Waals surface area contributed by atoms with Crippen LogP contribution in [0.5, 0.6) is 11.5 Å². The fourth-order valence-electron chi connectivity index (χ4n) is 2.60. The molecule has 158 valence electrons. The molecule has 7 nitrogen and oxygen atoms in total. The van der Waals surface area contributed by atoms with Crippen molar-refractivity contribution >= 4 is 15.9 Å². The monoisotopic (exact) mass is 428 g/mol. The van der Waals surface area contributed by atoms with E-state index in [1.165, 1.54) is 14.2 Å². The molecule has 0 radical (unpaired) electrons. The fourth-order valence-corrected chi connectivity index (χ4v) is 3.64. The summed E-state index contributed by atoms with van der Waals surface area (Å²) in [6.07, 6.45) is -0.153. The van der Waals surface area contributed by atoms with E-state index in [1.807, 2.05) is 0 Å². The van der Waals surface area contributed by atoms with Gasteiger partial charge in [-0.25, -0.2) is 21.9 Å². The third kappa shape index (κ3) is 5.88. The van der Waals surface area contributed by atoms with Crippen LogP contribution in [0.1, 0.15) is 24.9 Å². The number of sulfonamides is 1. The Kier molecular flexibility index (Phi) is 7.52. The lowest BCUT2D eigenvalue weighted by Gasteiger charge is -2.18. The predicted molar refractivity (Wildman–Crippen MR) is 102 cm³/mol. The van der Waals surface area contributed by atoms with Gasteiger partial charge in [-0.3, -0.25) is 4.79 Å². The van der Waals surface area contributed by atoms with Gasteiger partial charge in [0.2, 0.25) is 15.9 Å². The number of halogens is 2. The summed E-state index contributed by atoms with van der Waals surface area (Å²) >= 11 is 0. The number of benzene rings is 2. The topological polar surface area (TPSA) is 93.7 Å². The zero-order valence-corrected chi connectivity index (χ0v) is 17.0. The van der Waals surface area contributed by atoms with E-state index in [1.54, 1.807) is 25.1 Å². The van der Waals surface area contributed by atoms with E-state index in [4.69, 9.17) is 9.47 Å². The van der Waals surface area contributed by atoms with Gasteiger partial charge in [0.25, 0.3) is 0 Å². The number of hydrogen-bond donors (Lipinski definition) is 2. The van der Waals surface area contributed by atoms with Crippen molar-refractivity contribution in [2.24, 2.45) is 0 Å². The number of hydrogen-bond acceptors (Lipinski definition) is 5. The molecule has 2 aromatic carbocycles. The molecule has 0 aliphatic carbocycles. The zero-order chi connectivity index (χ0) is 21.6. The molecule has 2 aromatic rings. The first kappa shape index (κ1) is 22.6. The van der Waals surface area contributed by atoms with Gasteiger partial charge < -0.3 is 14.8 Å². The van der Waals surface area contributed by atoms with Gasteiger partial charge in [0.1, 0.15) is 11.5 Å². The first-order chi connectivity index (χ1) is 13.7. The van der Waals surface area contributed by atoms with E-state index < -0.39 is 38.5 Å². The third-order valence-corrected chi connectivity index (χ3v) is 5.59. The van der Waals surface area contributed by atoms with E-state index in [2.05, 4.69) is 10.0 Å². The molecule has 0 fully saturated rings. The minimum absolute atomic E-state index is 0.153. The first-order valence-corrected chi connectivity index (χ1v) is 10.1. The lowest BCUT2D eigenvalue weighted by molar-refractivity contribution is -0.121. The highest BCUT2D eigenvalue weighted by Crippen LogP contribution is 2.29. The smallest absolute Gasteiger partial charge is 0.240 e. The summed E-state index contributed by atoms with van der Waals surface area (Å²) in [4.78, 5) is 11.7. The highest BCUT2D eigenvalue weighted by atomic mass is 32.2. The Bertz CT molecular complexity index is 983. The number of amides is 1. The molecule has 2 N–H and O–H groups in total. The van der Waals surface area contributed by atoms with E-state index >= 15 is 0 Å². The van der Waals surface area contributed by atoms with Crippen LogP contribution in [0, 0.1) is 11.6 Å². The standard InChI is InChI=1S/C19H22F2N2O5S/c1-12(15-10-13(27-2)4-7-18(15)28-3)23-19(24)8-9-22-29(25,26)14-5-6-16(20)17(21)11-14/h4-7,10-12,22H,8-9H2,1-3H3,(H,23,24). The molecule has 0 spiro atoms. The van der Waals surface area contributed by atoms with Crippen molar-refractivity contribution in [1.29, 1.82) is 0 Å². The first-order valence-electron chi connectivity index (χ1n) is 8.64. The van der Waals surface area contributed by atoms with Crippen LogP contribution in [0.25, 0.3) is 0 Å². The van der Waals surface area contributed by atoms with Crippen LogP contribution < -0.4 is 19.5 Å². The van der Waals surface area contributed by atoms with E-state index in [0.29, 0.717) is 23.1 Å². The maximum absolute atomic E-state index is 13.2. The van der Waals surface area contributed by atoms with Crippen molar-refractivity contribution in [2.45, 2.75) is 24.3 Å². The zero-order valence-electron chi connectivity index (χ0n) is 16.2. The summed E-state index contributed by atoms with van der Waals surface area (Å²) in [6.45, 7) is 1.54. The van der Waals surface area contributed by atoms with Gasteiger partial charge in [-0.2, -0.15) is 0 Å². The molecule has 1 atom stereocenters. The lowest BCUT2D eigenvalue weighted by Crippen LogP contribution is -2.32. The van der Waals surface area contributed by atoms with Crippen LogP contribution in [0.4, 0.5) is 8.78 Å². The number of ether oxygens (including phenoxy) is 2. The Morgan fingerprint density at radius 2 is 1.79 bits per heavy atom. The van der Waals surface area contributed by atoms with Gasteiger partial charge in [0, 0.05) is 18.5 Å². The molecule has 0 saturated carbocycles. The summed E-state index contributed by atoms with van der Waals surface area (Å²) in [7, 11) is -1.04. The second kappa shape index (κ2) is 9.66. The lowest BCUT2D eigenvalue weighted by atomic mass is 10.1. The molecule has 1 unspecified atom stereocenters. The average Bonchev–Trinajstić information content (AvgIpc) is 2.69. The Morgan fingerprint density at radius 3 is 2.41 bits per heavy atom. The summed E-state index contributed by atoms with van der Waals surface area (Å²) < 4.78 is 63.0. The highest BCUT2D eigenvalue weighted by Gasteiger charge is 2.18. The van der Waals surface area contributed by atoms with Crippen molar-refractivity contribution < 1.29 is 31.5 Å². The number of rotatable bonds is 9. The van der Waals surface area contributed by atoms with Gasteiger partial charge in [-0.05, 0) is 43.3 Å². The Morgan fingerprint density at radius 1 is 1.07 bits per heavy atom. The van der Waals surface area contributed by atoms with Crippen molar-refractivity contribution in [1.82, 2.24) is 10.0 Å². The van der Waals surface area contributed by atoms with E-state index in [-0.39, 0.29) is 13.0 Å². The van der Waals surface area contributed by atoms with Gasteiger partial charge in [-0.15, -0.1) is 0 Å². The van der Waals surface area contributed by atoms with Crippen LogP contribution >= 0.6 is 0 Å². The number of carbonyl (C=O) groups excluding carboxylic acids is 1. The average molecular weight is 428 g/mol. The summed E-state index contributed by atoms with van der Waals surface area (Å²) in [6, 6.07) is 6.99. The maximum Gasteiger partial charge on any atom is 0.240 e. The molecule has 0 heterocycles. The Balaban J connectivity index is 1.95. The second-order valence-corrected chi connectivity index (χ2v) is 7.89. The summed E-state index contributed by atoms with van der Waals surface area (Å²) in [5.74, 6) is -1.66. The van der Waals surface area contributed by atoms with Crippen LogP contribution in [0.15, 0.2) is 41.3 Å². The molecule has 29 heavy (non-hydrogen) atoms. The number of nitrogens with one attached hydrogen (secondary N) is 2. The largest absolute Gasteiger partial charge is 0.497 e. The van der Waals surface area contributed by atoms with Gasteiger partial charge in [0.15, 0.2) is 11.6 Å². The molecule has 0 saturated heterocycles. The molecule has 0 aromatic heterocycles. The van der Waals surface area contributed by atoms with Crippen LogP contribution in [0.2, 0.25) is 0 Å². The molecule has 1 amide bonds. The van der Waals surface area contributed by atoms with Crippen LogP contribution in [-0.4, -0.2) is 35.1 Å². The van der Waals surface area contributed by atoms with Crippen molar-refractivity contribution in [3.05, 3.63) is 53.6 Å². The molecule has 2 rings (SSSR count). The van der Waals surface area contributed by atoms with Gasteiger partial charge in [0.05, 0.1) is 25.2 Å². The van der Waals surface area contributed by atoms with E-state index in [9.17, 15) is 22.0 Å². The van der Waals surface area contributed by atoms with Crippen molar-refractivity contribution in [3.8, 4) is 11.5 Å². The van der Waals surface area contributed by atoms with Crippen molar-refractivity contribution in [3.63, 3.8) is 0 Å². The van der Waals surface area contributed by atoms with Gasteiger partial charge in [-0.1, -0.05) is 0 Å². The quantitative estimate of drug-likeness (QED) is 0.640. The summed E-state index contributed by atoms with van der Waals surface area (Å²) in [5.41, 5.74) is 0.697. The minimum atomic E-state index is -4.07. The van der Waals surface area contributed by atoms with E-state index in [0.717, 1.165) is 12.1 Å². The SMILES string of the molecule is COc1ccc(OC)c(C(C)NC(=O)CCNS(=O)(=O)c2ccc(F)c(F)c2)c1. The highest BCUT2D eigenvalue weighted by molar-refractivity contribution is 7.89. The minimum Gasteiger partial charge on any atom is -0.497 e. The second-order valence-electron chi connectivity index (χ2n) is 6.12. The third-order valence-electron chi connectivity index (χ3n) is 4.13. The molecular formula is C19H22F2N2O5S. The van der Waals surface area contributed by atoms with Gasteiger partial charge >= 0.3 is 0 Å². The Labute approximate surface area is 168 Å². The maximum atomic E-state index is 13.2. The van der Waals surface area contributed by atoms with Crippen LogP contribution in [0.3, 0.4) is 0 Å². The number of carbonyl (C=O) groups is 1. The molecule has 10 heteroatoms. The molecular weight excluding hydrogens is 406 g/mol. The molecule has 0 aliphatic heterocycles. The fraction of sp³-hybridized carbons (Fsp3) is 0.316. The molecule has 0 aliphatic rings. The summed E-state index contributed by atoms with van der Waals surface area (Å²) in [5, 5.41) is 2.75. The predicted octanol–water partition coefficient (Wildman–Crippen LogP) is 2.53. The van der Waals surface area contributed by atoms with Crippen molar-refractivity contribution in [2.75, 3.05) is 20.8 Å². The normalized spacial score (nSPS) is 12.3. The number of methoxy groups -OCH3 is 2. The van der Waals surface area contributed by atoms with Crippen LogP contribution in [-0.2, 0) is 14.8 Å². The molecule has 0 bridgehead atoms. The Hall–Kier alpha value is -2.72.